The van der Waals surface area contributed by atoms with Crippen LogP contribution in [0.2, 0.25) is 0 Å². The topological polar surface area (TPSA) is 174 Å². The molecule has 0 aliphatic heterocycles. The molecule has 2 rings (SSSR count). The number of alkyl halides is 1. The molecule has 0 bridgehead atoms. The van der Waals surface area contributed by atoms with Crippen LogP contribution < -0.4 is 24.7 Å². The van der Waals surface area contributed by atoms with Crippen LogP contribution in [0.15, 0.2) is 42.5 Å². The number of carbonyl (C=O) groups is 2. The van der Waals surface area contributed by atoms with Crippen LogP contribution in [0.1, 0.15) is 24.0 Å². The largest absolute Gasteiger partial charge is 0.489 e. The highest BCUT2D eigenvalue weighted by molar-refractivity contribution is 14.1. The highest BCUT2D eigenvalue weighted by atomic mass is 127. The van der Waals surface area contributed by atoms with Gasteiger partial charge in [-0.05, 0) is 47.9 Å². The van der Waals surface area contributed by atoms with Gasteiger partial charge in [-0.25, -0.2) is 0 Å². The molecule has 0 atom stereocenters. The SMILES string of the molecule is NCCOc1cc(CCC(=O)CC(=O)/C=C/c2ccc(OCCOCCOCCO)c(OCCI)c2)ccc1OCCOCCOCCO. The molecule has 0 heterocycles. The Bertz CT molecular complexity index is 1230. The molecule has 0 aliphatic carbocycles. The molecular formula is C35H50INO12. The minimum atomic E-state index is -0.293. The summed E-state index contributed by atoms with van der Waals surface area (Å²) in [5, 5.41) is 17.4. The Kier molecular flexibility index (Phi) is 24.1. The summed E-state index contributed by atoms with van der Waals surface area (Å²) in [6.07, 6.45) is 3.49. The van der Waals surface area contributed by atoms with Gasteiger partial charge in [-0.15, -0.1) is 0 Å². The monoisotopic (exact) mass is 803 g/mol. The Hall–Kier alpha value is -2.83. The summed E-state index contributed by atoms with van der Waals surface area (Å²) in [6.45, 7) is 4.56. The van der Waals surface area contributed by atoms with Crippen molar-refractivity contribution in [1.82, 2.24) is 0 Å². The predicted molar refractivity (Wildman–Crippen MR) is 192 cm³/mol. The number of allylic oxidation sites excluding steroid dienone is 1. The summed E-state index contributed by atoms with van der Waals surface area (Å²) < 4.78 is 45.2. The van der Waals surface area contributed by atoms with E-state index in [0.29, 0.717) is 102 Å². The lowest BCUT2D eigenvalue weighted by molar-refractivity contribution is -0.124. The number of hydrogen-bond donors (Lipinski definition) is 3. The average Bonchev–Trinajstić information content (AvgIpc) is 3.11. The van der Waals surface area contributed by atoms with Crippen LogP contribution >= 0.6 is 22.6 Å². The number of halogens is 1. The second kappa shape index (κ2) is 27.9. The van der Waals surface area contributed by atoms with E-state index in [-0.39, 0.29) is 50.8 Å². The van der Waals surface area contributed by atoms with Gasteiger partial charge in [0.15, 0.2) is 28.8 Å². The Morgan fingerprint density at radius 1 is 0.653 bits per heavy atom. The van der Waals surface area contributed by atoms with Crippen molar-refractivity contribution in [3.05, 3.63) is 53.6 Å². The highest BCUT2D eigenvalue weighted by Gasteiger charge is 2.12. The average molecular weight is 804 g/mol. The van der Waals surface area contributed by atoms with Crippen molar-refractivity contribution in [1.29, 1.82) is 0 Å². The molecule has 2 aromatic carbocycles. The Morgan fingerprint density at radius 3 is 1.78 bits per heavy atom. The van der Waals surface area contributed by atoms with Crippen LogP contribution in [0, 0.1) is 0 Å². The number of benzene rings is 2. The van der Waals surface area contributed by atoms with Crippen molar-refractivity contribution < 1.29 is 57.7 Å². The molecular weight excluding hydrogens is 753 g/mol. The molecule has 0 radical (unpaired) electrons. The van der Waals surface area contributed by atoms with Gasteiger partial charge in [0.25, 0.3) is 0 Å². The van der Waals surface area contributed by atoms with Gasteiger partial charge in [0.05, 0.1) is 79.1 Å². The molecule has 2 aromatic rings. The van der Waals surface area contributed by atoms with E-state index >= 15 is 0 Å². The van der Waals surface area contributed by atoms with Gasteiger partial charge in [0.1, 0.15) is 25.6 Å². The summed E-state index contributed by atoms with van der Waals surface area (Å²) >= 11 is 2.22. The summed E-state index contributed by atoms with van der Waals surface area (Å²) in [6, 6.07) is 10.8. The summed E-state index contributed by atoms with van der Waals surface area (Å²) in [5.41, 5.74) is 7.22. The van der Waals surface area contributed by atoms with Gasteiger partial charge in [-0.1, -0.05) is 40.8 Å². The number of ketones is 2. The molecule has 0 fully saturated rings. The van der Waals surface area contributed by atoms with E-state index in [1.54, 1.807) is 24.3 Å². The van der Waals surface area contributed by atoms with Gasteiger partial charge >= 0.3 is 0 Å². The molecule has 274 valence electrons. The zero-order valence-corrected chi connectivity index (χ0v) is 30.1. The van der Waals surface area contributed by atoms with E-state index in [0.717, 1.165) is 15.6 Å². The Balaban J connectivity index is 1.83. The van der Waals surface area contributed by atoms with Crippen molar-refractivity contribution in [3.63, 3.8) is 0 Å². The van der Waals surface area contributed by atoms with E-state index in [1.807, 2.05) is 18.2 Å². The van der Waals surface area contributed by atoms with Crippen LogP contribution in [0.4, 0.5) is 0 Å². The number of Topliss-reactive ketones (excluding diaryl/α,β-unsaturated/α-hetero) is 1. The lowest BCUT2D eigenvalue weighted by atomic mass is 10.0. The maximum absolute atomic E-state index is 12.7. The maximum atomic E-state index is 12.7. The minimum Gasteiger partial charge on any atom is -0.489 e. The van der Waals surface area contributed by atoms with Gasteiger partial charge in [-0.3, -0.25) is 9.59 Å². The molecule has 0 amide bonds. The van der Waals surface area contributed by atoms with E-state index in [1.165, 1.54) is 6.08 Å². The van der Waals surface area contributed by atoms with Crippen molar-refractivity contribution in [3.8, 4) is 23.0 Å². The molecule has 0 unspecified atom stereocenters. The third-order valence-corrected chi connectivity index (χ3v) is 6.84. The standard InChI is InChI=1S/C35H50INO12/c36-9-13-46-34-25-28(3-7-32(34)48-23-21-44-19-17-42-15-11-38)1-5-30(40)27-31(41)6-2-29-4-8-33(35(26-29)47-14-10-37)49-24-22-45-20-18-43-16-12-39/h1,3-5,7-8,25-26,38-39H,2,6,9-24,27,37H2/b5-1+. The van der Waals surface area contributed by atoms with E-state index in [9.17, 15) is 9.59 Å². The molecule has 0 saturated heterocycles. The number of nitrogens with two attached hydrogens (primary N) is 1. The van der Waals surface area contributed by atoms with Crippen molar-refractivity contribution in [2.45, 2.75) is 19.3 Å². The number of carbonyl (C=O) groups excluding carboxylic acids is 2. The van der Waals surface area contributed by atoms with E-state index in [2.05, 4.69) is 22.6 Å². The zero-order valence-electron chi connectivity index (χ0n) is 28.0. The first-order valence-corrected chi connectivity index (χ1v) is 17.8. The first-order chi connectivity index (χ1) is 24.0. The Morgan fingerprint density at radius 2 is 1.18 bits per heavy atom. The lowest BCUT2D eigenvalue weighted by Gasteiger charge is -2.14. The number of aliphatic hydroxyl groups excluding tert-OH is 2. The number of hydrogen-bond acceptors (Lipinski definition) is 13. The highest BCUT2D eigenvalue weighted by Crippen LogP contribution is 2.30. The van der Waals surface area contributed by atoms with Crippen LogP contribution in [0.5, 0.6) is 23.0 Å². The predicted octanol–water partition coefficient (Wildman–Crippen LogP) is 2.82. The lowest BCUT2D eigenvalue weighted by Crippen LogP contribution is -2.14. The van der Waals surface area contributed by atoms with Crippen LogP contribution in [-0.4, -0.2) is 125 Å². The normalized spacial score (nSPS) is 11.2. The summed E-state index contributed by atoms with van der Waals surface area (Å²) in [7, 11) is 0. The zero-order chi connectivity index (χ0) is 35.4. The molecule has 0 saturated carbocycles. The quantitative estimate of drug-likeness (QED) is 0.0334. The fourth-order valence-corrected chi connectivity index (χ4v) is 4.35. The van der Waals surface area contributed by atoms with Crippen LogP contribution in [-0.2, 0) is 35.0 Å². The minimum absolute atomic E-state index is 0.0220. The van der Waals surface area contributed by atoms with Gasteiger partial charge in [-0.2, -0.15) is 0 Å². The van der Waals surface area contributed by atoms with Crippen molar-refractivity contribution in [2.24, 2.45) is 5.73 Å². The first kappa shape index (κ1) is 42.3. The number of aryl methyl sites for hydroxylation is 1. The van der Waals surface area contributed by atoms with Crippen LogP contribution in [0.25, 0.3) is 6.08 Å². The molecule has 13 nitrogen and oxygen atoms in total. The molecule has 0 aliphatic rings. The second-order valence-corrected chi connectivity index (χ2v) is 11.3. The molecule has 4 N–H and O–H groups in total. The molecule has 0 aromatic heterocycles. The summed E-state index contributed by atoms with van der Waals surface area (Å²) in [4.78, 5) is 25.3. The fourth-order valence-electron chi connectivity index (χ4n) is 4.13. The van der Waals surface area contributed by atoms with E-state index < -0.39 is 0 Å². The van der Waals surface area contributed by atoms with E-state index in [4.69, 9.17) is 53.8 Å². The third kappa shape index (κ3) is 19.8. The molecule has 49 heavy (non-hydrogen) atoms. The Labute approximate surface area is 302 Å². The van der Waals surface area contributed by atoms with Crippen molar-refractivity contribution >= 4 is 40.2 Å². The van der Waals surface area contributed by atoms with Crippen LogP contribution in [0.3, 0.4) is 0 Å². The second-order valence-electron chi connectivity index (χ2n) is 10.3. The summed E-state index contributed by atoms with van der Waals surface area (Å²) in [5.74, 6) is 1.71. The third-order valence-electron chi connectivity index (χ3n) is 6.40. The number of rotatable bonds is 31. The first-order valence-electron chi connectivity index (χ1n) is 16.3. The number of aliphatic hydroxyl groups is 2. The maximum Gasteiger partial charge on any atom is 0.163 e. The van der Waals surface area contributed by atoms with Crippen molar-refractivity contribution in [2.75, 3.05) is 103 Å². The number of ether oxygens (including phenoxy) is 8. The van der Waals surface area contributed by atoms with Gasteiger partial charge in [0, 0.05) is 17.4 Å². The van der Waals surface area contributed by atoms with Gasteiger partial charge < -0.3 is 53.8 Å². The molecule has 14 heteroatoms. The molecule has 0 spiro atoms. The van der Waals surface area contributed by atoms with Gasteiger partial charge in [0.2, 0.25) is 0 Å². The fraction of sp³-hybridized carbons (Fsp3) is 0.543. The smallest absolute Gasteiger partial charge is 0.163 e.